The zero-order valence-corrected chi connectivity index (χ0v) is 8.21. The average molecular weight is 216 g/mol. The smallest absolute Gasteiger partial charge is 0.258 e. The minimum absolute atomic E-state index is 0.138. The van der Waals surface area contributed by atoms with Crippen LogP contribution in [0.1, 0.15) is 0 Å². The van der Waals surface area contributed by atoms with E-state index >= 15 is 0 Å². The SMILES string of the molecule is N=C=O.O=[N+]([O-])c1ccc2ccccc2c1. The predicted octanol–water partition coefficient (Wildman–Crippen LogP) is 2.65. The first-order valence-corrected chi connectivity index (χ1v) is 4.36. The lowest BCUT2D eigenvalue weighted by Gasteiger charge is -1.95. The third kappa shape index (κ3) is 2.73. The standard InChI is InChI=1S/C10H7NO2.CHNO/c12-11(13)10-6-5-8-3-1-2-4-9(8)7-10;2-1-3/h1-7H;2H. The van der Waals surface area contributed by atoms with Crippen molar-refractivity contribution in [2.24, 2.45) is 0 Å². The summed E-state index contributed by atoms with van der Waals surface area (Å²) in [4.78, 5) is 18.4. The first kappa shape index (κ1) is 11.6. The van der Waals surface area contributed by atoms with Crippen molar-refractivity contribution < 1.29 is 9.72 Å². The number of fused-ring (bicyclic) bond motifs is 1. The molecule has 2 aromatic carbocycles. The van der Waals surface area contributed by atoms with Crippen LogP contribution in [-0.4, -0.2) is 11.0 Å². The quantitative estimate of drug-likeness (QED) is 0.344. The Labute approximate surface area is 91.0 Å². The minimum Gasteiger partial charge on any atom is -0.258 e. The van der Waals surface area contributed by atoms with Gasteiger partial charge in [-0.05, 0) is 16.8 Å². The zero-order valence-electron chi connectivity index (χ0n) is 8.21. The highest BCUT2D eigenvalue weighted by atomic mass is 16.6. The van der Waals surface area contributed by atoms with Crippen molar-refractivity contribution in [3.05, 3.63) is 52.6 Å². The van der Waals surface area contributed by atoms with Crippen molar-refractivity contribution in [1.82, 2.24) is 0 Å². The van der Waals surface area contributed by atoms with Crippen LogP contribution in [0.25, 0.3) is 10.8 Å². The van der Waals surface area contributed by atoms with Crippen molar-refractivity contribution in [1.29, 1.82) is 5.41 Å². The van der Waals surface area contributed by atoms with Crippen LogP contribution in [0.5, 0.6) is 0 Å². The molecule has 0 saturated heterocycles. The summed E-state index contributed by atoms with van der Waals surface area (Å²) in [6.07, 6.45) is 0.750. The molecule has 2 rings (SSSR count). The zero-order chi connectivity index (χ0) is 12.0. The van der Waals surface area contributed by atoms with Crippen molar-refractivity contribution >= 4 is 22.5 Å². The number of nitro groups is 1. The van der Waals surface area contributed by atoms with E-state index < -0.39 is 0 Å². The van der Waals surface area contributed by atoms with Gasteiger partial charge in [0.1, 0.15) is 0 Å². The molecule has 0 heterocycles. The van der Waals surface area contributed by atoms with Crippen LogP contribution in [0.2, 0.25) is 0 Å². The highest BCUT2D eigenvalue weighted by Gasteiger charge is 2.04. The highest BCUT2D eigenvalue weighted by Crippen LogP contribution is 2.19. The molecule has 0 aromatic heterocycles. The number of isocyanates is 1. The van der Waals surface area contributed by atoms with E-state index in [9.17, 15) is 10.1 Å². The van der Waals surface area contributed by atoms with Gasteiger partial charge in [-0.25, -0.2) is 10.2 Å². The molecule has 0 bridgehead atoms. The monoisotopic (exact) mass is 216 g/mol. The van der Waals surface area contributed by atoms with E-state index in [2.05, 4.69) is 0 Å². The lowest BCUT2D eigenvalue weighted by molar-refractivity contribution is -0.384. The number of nitrogens with one attached hydrogen (secondary N) is 1. The van der Waals surface area contributed by atoms with Gasteiger partial charge in [0.15, 0.2) is 0 Å². The molecule has 0 radical (unpaired) electrons. The van der Waals surface area contributed by atoms with E-state index in [0.717, 1.165) is 16.9 Å². The molecular weight excluding hydrogens is 208 g/mol. The second-order valence-electron chi connectivity index (χ2n) is 2.89. The molecule has 16 heavy (non-hydrogen) atoms. The van der Waals surface area contributed by atoms with Gasteiger partial charge in [-0.1, -0.05) is 24.3 Å². The van der Waals surface area contributed by atoms with Crippen LogP contribution in [0.3, 0.4) is 0 Å². The molecule has 0 aliphatic heterocycles. The number of carbonyl (C=O) groups excluding carboxylic acids is 1. The summed E-state index contributed by atoms with van der Waals surface area (Å²) in [7, 11) is 0. The van der Waals surface area contributed by atoms with E-state index in [-0.39, 0.29) is 10.6 Å². The van der Waals surface area contributed by atoms with Crippen LogP contribution >= 0.6 is 0 Å². The molecule has 0 amide bonds. The summed E-state index contributed by atoms with van der Waals surface area (Å²) in [5.74, 6) is 0. The van der Waals surface area contributed by atoms with E-state index in [1.165, 1.54) is 6.07 Å². The third-order valence-electron chi connectivity index (χ3n) is 1.94. The molecule has 5 heteroatoms. The van der Waals surface area contributed by atoms with Gasteiger partial charge in [-0.15, -0.1) is 0 Å². The molecule has 80 valence electrons. The lowest BCUT2D eigenvalue weighted by Crippen LogP contribution is -1.86. The van der Waals surface area contributed by atoms with Gasteiger partial charge in [0.05, 0.1) is 4.92 Å². The number of hydrogen-bond acceptors (Lipinski definition) is 4. The Morgan fingerprint density at radius 3 is 2.25 bits per heavy atom. The number of benzene rings is 2. The van der Waals surface area contributed by atoms with Crippen molar-refractivity contribution in [3.63, 3.8) is 0 Å². The Kier molecular flexibility index (Phi) is 3.89. The maximum absolute atomic E-state index is 10.5. The topological polar surface area (TPSA) is 84.1 Å². The largest absolute Gasteiger partial charge is 0.270 e. The lowest BCUT2D eigenvalue weighted by atomic mass is 10.1. The number of non-ortho nitro benzene ring substituents is 1. The molecule has 1 N–H and O–H groups in total. The number of nitrogens with zero attached hydrogens (tertiary/aromatic N) is 1. The average Bonchev–Trinajstić information content (AvgIpc) is 2.29. The van der Waals surface area contributed by atoms with Crippen LogP contribution in [0.4, 0.5) is 5.69 Å². The number of rotatable bonds is 1. The fraction of sp³-hybridized carbons (Fsp3) is 0. The Bertz CT molecular complexity index is 546. The molecule has 0 unspecified atom stereocenters. The molecule has 0 atom stereocenters. The van der Waals surface area contributed by atoms with Crippen molar-refractivity contribution in [3.8, 4) is 0 Å². The molecule has 0 fully saturated rings. The van der Waals surface area contributed by atoms with Crippen LogP contribution in [-0.2, 0) is 4.79 Å². The number of nitro benzene ring substituents is 1. The Hall–Kier alpha value is -2.52. The summed E-state index contributed by atoms with van der Waals surface area (Å²) >= 11 is 0. The second kappa shape index (κ2) is 5.38. The fourth-order valence-corrected chi connectivity index (χ4v) is 1.29. The third-order valence-corrected chi connectivity index (χ3v) is 1.94. The highest BCUT2D eigenvalue weighted by molar-refractivity contribution is 5.84. The van der Waals surface area contributed by atoms with Gasteiger partial charge in [-0.3, -0.25) is 10.1 Å². The Morgan fingerprint density at radius 2 is 1.69 bits per heavy atom. The van der Waals surface area contributed by atoms with Gasteiger partial charge in [-0.2, -0.15) is 0 Å². The molecule has 0 aliphatic rings. The van der Waals surface area contributed by atoms with Gasteiger partial charge in [0.25, 0.3) is 5.69 Å². The Balaban J connectivity index is 0.000000386. The van der Waals surface area contributed by atoms with Crippen molar-refractivity contribution in [2.45, 2.75) is 0 Å². The van der Waals surface area contributed by atoms with Gasteiger partial charge >= 0.3 is 0 Å². The van der Waals surface area contributed by atoms with Crippen LogP contribution in [0, 0.1) is 15.5 Å². The van der Waals surface area contributed by atoms with Gasteiger partial charge in [0, 0.05) is 12.1 Å². The molecular formula is C11H8N2O3. The first-order chi connectivity index (χ1) is 7.69. The maximum atomic E-state index is 10.5. The predicted molar refractivity (Wildman–Crippen MR) is 59.0 cm³/mol. The van der Waals surface area contributed by atoms with E-state index in [1.54, 1.807) is 12.1 Å². The summed E-state index contributed by atoms with van der Waals surface area (Å²) < 4.78 is 0. The fourth-order valence-electron chi connectivity index (χ4n) is 1.29. The molecule has 0 spiro atoms. The molecule has 0 aliphatic carbocycles. The Morgan fingerprint density at radius 1 is 1.12 bits per heavy atom. The molecule has 0 saturated carbocycles. The van der Waals surface area contributed by atoms with E-state index in [4.69, 9.17) is 10.2 Å². The summed E-state index contributed by atoms with van der Waals surface area (Å²) in [5.41, 5.74) is 0.138. The van der Waals surface area contributed by atoms with Crippen LogP contribution in [0.15, 0.2) is 42.5 Å². The van der Waals surface area contributed by atoms with Gasteiger partial charge < -0.3 is 0 Å². The van der Waals surface area contributed by atoms with Crippen LogP contribution < -0.4 is 0 Å². The molecule has 5 nitrogen and oxygen atoms in total. The number of hydrogen-bond donors (Lipinski definition) is 1. The first-order valence-electron chi connectivity index (χ1n) is 4.36. The van der Waals surface area contributed by atoms with Crippen molar-refractivity contribution in [2.75, 3.05) is 0 Å². The summed E-state index contributed by atoms with van der Waals surface area (Å²) in [6, 6.07) is 12.4. The second-order valence-corrected chi connectivity index (χ2v) is 2.89. The van der Waals surface area contributed by atoms with E-state index in [0.29, 0.717) is 0 Å². The maximum Gasteiger partial charge on any atom is 0.270 e. The molecule has 2 aromatic rings. The summed E-state index contributed by atoms with van der Waals surface area (Å²) in [6.45, 7) is 0. The normalized spacial score (nSPS) is 8.75. The minimum atomic E-state index is -0.382. The summed E-state index contributed by atoms with van der Waals surface area (Å²) in [5, 5.41) is 17.8. The van der Waals surface area contributed by atoms with Gasteiger partial charge in [0.2, 0.25) is 6.08 Å². The van der Waals surface area contributed by atoms with E-state index in [1.807, 2.05) is 24.3 Å².